The van der Waals surface area contributed by atoms with Gasteiger partial charge in [0.1, 0.15) is 0 Å². The summed E-state index contributed by atoms with van der Waals surface area (Å²) < 4.78 is 4.68. The second-order valence-electron chi connectivity index (χ2n) is 6.66. The Morgan fingerprint density at radius 2 is 1.26 bits per heavy atom. The highest BCUT2D eigenvalue weighted by Gasteiger charge is 2.08. The zero-order chi connectivity index (χ0) is 14.6. The van der Waals surface area contributed by atoms with Gasteiger partial charge in [-0.2, -0.15) is 0 Å². The number of amides is 1. The SMILES string of the molecule is CC(C)(C)CCCCCCCCCCCOC(N)=O. The molecule has 0 aliphatic rings. The van der Waals surface area contributed by atoms with Gasteiger partial charge in [0.15, 0.2) is 0 Å². The molecule has 0 aromatic carbocycles. The molecule has 0 heterocycles. The predicted molar refractivity (Wildman–Crippen MR) is 81.2 cm³/mol. The first-order valence-corrected chi connectivity index (χ1v) is 7.84. The molecular weight excluding hydrogens is 238 g/mol. The van der Waals surface area contributed by atoms with E-state index in [2.05, 4.69) is 25.5 Å². The quantitative estimate of drug-likeness (QED) is 0.536. The first-order valence-electron chi connectivity index (χ1n) is 7.84. The summed E-state index contributed by atoms with van der Waals surface area (Å²) in [6, 6.07) is 0. The Bertz CT molecular complexity index is 221. The molecule has 0 aromatic rings. The maximum absolute atomic E-state index is 10.3. The Hall–Kier alpha value is -0.730. The van der Waals surface area contributed by atoms with E-state index in [1.807, 2.05) is 0 Å². The van der Waals surface area contributed by atoms with E-state index in [9.17, 15) is 4.79 Å². The van der Waals surface area contributed by atoms with Crippen LogP contribution in [0.4, 0.5) is 4.79 Å². The molecule has 3 heteroatoms. The first kappa shape index (κ1) is 18.3. The Balaban J connectivity index is 3.05. The molecule has 0 fully saturated rings. The predicted octanol–water partition coefficient (Wildman–Crippen LogP) is 5.03. The van der Waals surface area contributed by atoms with Crippen molar-refractivity contribution in [1.82, 2.24) is 0 Å². The fourth-order valence-corrected chi connectivity index (χ4v) is 2.17. The molecule has 0 spiro atoms. The van der Waals surface area contributed by atoms with E-state index in [0.29, 0.717) is 12.0 Å². The smallest absolute Gasteiger partial charge is 0.404 e. The summed E-state index contributed by atoms with van der Waals surface area (Å²) in [6.07, 6.45) is 12.1. The first-order chi connectivity index (χ1) is 8.92. The summed E-state index contributed by atoms with van der Waals surface area (Å²) in [5, 5.41) is 0. The highest BCUT2D eigenvalue weighted by atomic mass is 16.5. The number of rotatable bonds is 11. The lowest BCUT2D eigenvalue weighted by molar-refractivity contribution is 0.154. The Morgan fingerprint density at radius 1 is 0.842 bits per heavy atom. The summed E-state index contributed by atoms with van der Waals surface area (Å²) in [5.41, 5.74) is 5.37. The molecule has 2 N–H and O–H groups in total. The summed E-state index contributed by atoms with van der Waals surface area (Å²) >= 11 is 0. The number of unbranched alkanes of at least 4 members (excludes halogenated alkanes) is 8. The van der Waals surface area contributed by atoms with Gasteiger partial charge in [0.05, 0.1) is 6.61 Å². The lowest BCUT2D eigenvalue weighted by atomic mass is 9.89. The van der Waals surface area contributed by atoms with Crippen molar-refractivity contribution in [3.05, 3.63) is 0 Å². The Kier molecular flexibility index (Phi) is 10.7. The van der Waals surface area contributed by atoms with Gasteiger partial charge in [-0.15, -0.1) is 0 Å². The highest BCUT2D eigenvalue weighted by Crippen LogP contribution is 2.22. The number of hydrogen-bond acceptors (Lipinski definition) is 2. The number of nitrogens with two attached hydrogens (primary N) is 1. The highest BCUT2D eigenvalue weighted by molar-refractivity contribution is 5.64. The molecule has 19 heavy (non-hydrogen) atoms. The summed E-state index contributed by atoms with van der Waals surface area (Å²) in [4.78, 5) is 10.3. The second-order valence-corrected chi connectivity index (χ2v) is 6.66. The number of primary amides is 1. The van der Waals surface area contributed by atoms with E-state index in [4.69, 9.17) is 5.73 Å². The van der Waals surface area contributed by atoms with Crippen LogP contribution in [0.2, 0.25) is 0 Å². The van der Waals surface area contributed by atoms with Gasteiger partial charge < -0.3 is 10.5 Å². The second kappa shape index (κ2) is 11.1. The molecule has 0 saturated heterocycles. The maximum Gasteiger partial charge on any atom is 0.404 e. The number of carbonyl (C=O) groups excluding carboxylic acids is 1. The third-order valence-corrected chi connectivity index (χ3v) is 3.32. The van der Waals surface area contributed by atoms with Crippen molar-refractivity contribution in [2.75, 3.05) is 6.61 Å². The van der Waals surface area contributed by atoms with Gasteiger partial charge >= 0.3 is 6.09 Å². The zero-order valence-electron chi connectivity index (χ0n) is 13.2. The van der Waals surface area contributed by atoms with Crippen molar-refractivity contribution in [2.45, 2.75) is 85.0 Å². The van der Waals surface area contributed by atoms with Crippen molar-refractivity contribution in [3.8, 4) is 0 Å². The lowest BCUT2D eigenvalue weighted by Crippen LogP contribution is -2.13. The molecule has 0 radical (unpaired) electrons. The van der Waals surface area contributed by atoms with E-state index < -0.39 is 6.09 Å². The average molecular weight is 271 g/mol. The van der Waals surface area contributed by atoms with E-state index in [0.717, 1.165) is 12.8 Å². The van der Waals surface area contributed by atoms with Crippen molar-refractivity contribution < 1.29 is 9.53 Å². The van der Waals surface area contributed by atoms with Crippen LogP contribution in [0.15, 0.2) is 0 Å². The van der Waals surface area contributed by atoms with E-state index >= 15 is 0 Å². The summed E-state index contributed by atoms with van der Waals surface area (Å²) in [6.45, 7) is 7.42. The molecule has 0 aromatic heterocycles. The molecule has 0 saturated carbocycles. The topological polar surface area (TPSA) is 52.3 Å². The van der Waals surface area contributed by atoms with Crippen LogP contribution < -0.4 is 5.73 Å². The van der Waals surface area contributed by atoms with Crippen molar-refractivity contribution >= 4 is 6.09 Å². The van der Waals surface area contributed by atoms with Gasteiger partial charge in [-0.3, -0.25) is 0 Å². The largest absolute Gasteiger partial charge is 0.450 e. The monoisotopic (exact) mass is 271 g/mol. The number of ether oxygens (including phenoxy) is 1. The fraction of sp³-hybridized carbons (Fsp3) is 0.938. The van der Waals surface area contributed by atoms with Crippen LogP contribution >= 0.6 is 0 Å². The average Bonchev–Trinajstić information content (AvgIpc) is 2.28. The lowest BCUT2D eigenvalue weighted by Gasteiger charge is -2.17. The van der Waals surface area contributed by atoms with Crippen LogP contribution in [0.5, 0.6) is 0 Å². The molecule has 0 unspecified atom stereocenters. The minimum absolute atomic E-state index is 0.474. The van der Waals surface area contributed by atoms with Crippen molar-refractivity contribution in [1.29, 1.82) is 0 Å². The van der Waals surface area contributed by atoms with Crippen LogP contribution in [-0.2, 0) is 4.74 Å². The fourth-order valence-electron chi connectivity index (χ4n) is 2.17. The van der Waals surface area contributed by atoms with Gasteiger partial charge in [0.25, 0.3) is 0 Å². The molecule has 3 nitrogen and oxygen atoms in total. The molecule has 114 valence electrons. The third-order valence-electron chi connectivity index (χ3n) is 3.32. The van der Waals surface area contributed by atoms with Crippen LogP contribution in [0.1, 0.15) is 85.0 Å². The van der Waals surface area contributed by atoms with Gasteiger partial charge in [-0.1, -0.05) is 72.1 Å². The Morgan fingerprint density at radius 3 is 1.68 bits per heavy atom. The molecule has 0 bridgehead atoms. The molecule has 0 aliphatic carbocycles. The van der Waals surface area contributed by atoms with Crippen molar-refractivity contribution in [3.63, 3.8) is 0 Å². The number of carbonyl (C=O) groups is 1. The van der Waals surface area contributed by atoms with E-state index in [-0.39, 0.29) is 0 Å². The molecule has 0 atom stereocenters. The van der Waals surface area contributed by atoms with Gasteiger partial charge in [0, 0.05) is 0 Å². The van der Waals surface area contributed by atoms with Crippen LogP contribution in [0, 0.1) is 5.41 Å². The van der Waals surface area contributed by atoms with Gasteiger partial charge in [-0.25, -0.2) is 4.79 Å². The Labute approximate surface area is 119 Å². The number of hydrogen-bond donors (Lipinski definition) is 1. The molecule has 1 amide bonds. The zero-order valence-corrected chi connectivity index (χ0v) is 13.2. The maximum atomic E-state index is 10.3. The van der Waals surface area contributed by atoms with Gasteiger partial charge in [-0.05, 0) is 18.3 Å². The van der Waals surface area contributed by atoms with Crippen LogP contribution in [0.25, 0.3) is 0 Å². The van der Waals surface area contributed by atoms with E-state index in [1.165, 1.54) is 51.4 Å². The normalized spacial score (nSPS) is 11.5. The summed E-state index contributed by atoms with van der Waals surface area (Å²) in [7, 11) is 0. The van der Waals surface area contributed by atoms with Crippen LogP contribution in [-0.4, -0.2) is 12.7 Å². The summed E-state index contributed by atoms with van der Waals surface area (Å²) in [5.74, 6) is 0. The molecule has 0 aliphatic heterocycles. The molecule has 0 rings (SSSR count). The van der Waals surface area contributed by atoms with E-state index in [1.54, 1.807) is 0 Å². The van der Waals surface area contributed by atoms with Crippen LogP contribution in [0.3, 0.4) is 0 Å². The minimum Gasteiger partial charge on any atom is -0.450 e. The molecular formula is C16H33NO2. The van der Waals surface area contributed by atoms with Crippen molar-refractivity contribution in [2.24, 2.45) is 11.1 Å². The minimum atomic E-state index is -0.657. The standard InChI is InChI=1S/C16H33NO2/c1-16(2,3)13-11-9-7-5-4-6-8-10-12-14-19-15(17)18/h4-14H2,1-3H3,(H2,17,18). The third kappa shape index (κ3) is 17.3. The van der Waals surface area contributed by atoms with Gasteiger partial charge in [0.2, 0.25) is 0 Å².